The molecule has 1 aliphatic heterocycles. The largest absolute Gasteiger partial charge is 0.446 e. The van der Waals surface area contributed by atoms with Gasteiger partial charge < -0.3 is 25.4 Å². The van der Waals surface area contributed by atoms with E-state index < -0.39 is 11.9 Å². The predicted octanol–water partition coefficient (Wildman–Crippen LogP) is 2.04. The minimum atomic E-state index is -0.659. The average molecular weight is 524 g/mol. The predicted molar refractivity (Wildman–Crippen MR) is 138 cm³/mol. The van der Waals surface area contributed by atoms with Crippen LogP contribution in [0, 0.1) is 0 Å². The molecule has 0 saturated carbocycles. The molecule has 3 aromatic rings. The fourth-order valence-corrected chi connectivity index (χ4v) is 6.00. The third kappa shape index (κ3) is 5.09. The molecule has 5 rings (SSSR count). The van der Waals surface area contributed by atoms with Gasteiger partial charge in [0.05, 0.1) is 35.5 Å². The summed E-state index contributed by atoms with van der Waals surface area (Å²) in [5.41, 5.74) is 10.4. The van der Waals surface area contributed by atoms with Crippen LogP contribution in [0.25, 0.3) is 11.3 Å². The zero-order valence-corrected chi connectivity index (χ0v) is 21.6. The molecule has 11 heteroatoms. The van der Waals surface area contributed by atoms with Gasteiger partial charge in [-0.25, -0.2) is 0 Å². The maximum absolute atomic E-state index is 13.0. The van der Waals surface area contributed by atoms with E-state index in [1.54, 1.807) is 9.58 Å². The minimum Gasteiger partial charge on any atom is -0.446 e. The summed E-state index contributed by atoms with van der Waals surface area (Å²) in [5, 5.41) is 7.77. The molecule has 0 bridgehead atoms. The summed E-state index contributed by atoms with van der Waals surface area (Å²) in [6.45, 7) is 3.42. The number of hydrogen-bond donors (Lipinski definition) is 2. The van der Waals surface area contributed by atoms with Crippen molar-refractivity contribution >= 4 is 29.1 Å². The van der Waals surface area contributed by atoms with Crippen molar-refractivity contribution in [1.29, 1.82) is 0 Å². The van der Waals surface area contributed by atoms with E-state index in [0.717, 1.165) is 34.4 Å². The highest BCUT2D eigenvalue weighted by molar-refractivity contribution is 7.16. The molecule has 0 unspecified atom stereocenters. The van der Waals surface area contributed by atoms with Gasteiger partial charge in [0, 0.05) is 33.5 Å². The van der Waals surface area contributed by atoms with Crippen molar-refractivity contribution < 1.29 is 23.9 Å². The molecule has 1 aliphatic carbocycles. The number of morpholine rings is 1. The molecule has 1 atom stereocenters. The van der Waals surface area contributed by atoms with Gasteiger partial charge >= 0.3 is 0 Å². The first kappa shape index (κ1) is 25.0. The summed E-state index contributed by atoms with van der Waals surface area (Å²) in [6, 6.07) is 6.74. The van der Waals surface area contributed by atoms with E-state index >= 15 is 0 Å². The quantitative estimate of drug-likeness (QED) is 0.488. The number of fused-ring (bicyclic) bond motifs is 3. The first-order valence-electron chi connectivity index (χ1n) is 12.2. The topological polar surface area (TPSA) is 129 Å². The molecule has 10 nitrogen and oxygen atoms in total. The van der Waals surface area contributed by atoms with Crippen LogP contribution in [-0.2, 0) is 40.6 Å². The van der Waals surface area contributed by atoms with Crippen molar-refractivity contribution in [3.63, 3.8) is 0 Å². The zero-order chi connectivity index (χ0) is 26.1. The molecular weight excluding hydrogens is 494 g/mol. The molecule has 2 aliphatic rings. The SMILES string of the molecule is CC(=O)N[C@@H](Cc1ccc(Oc2sc(C(N)=O)c3c2-c2c(cnn2C)CC3)cc1)C(=O)N1CCOCC1. The highest BCUT2D eigenvalue weighted by Crippen LogP contribution is 2.48. The Hall–Kier alpha value is -3.70. The Bertz CT molecular complexity index is 1340. The Morgan fingerprint density at radius 3 is 2.59 bits per heavy atom. The number of ether oxygens (including phenoxy) is 2. The van der Waals surface area contributed by atoms with Crippen LogP contribution in [0.4, 0.5) is 0 Å². The number of nitrogens with one attached hydrogen (secondary N) is 1. The second kappa shape index (κ2) is 10.3. The number of thiophene rings is 1. The van der Waals surface area contributed by atoms with Crippen LogP contribution in [0.15, 0.2) is 30.5 Å². The summed E-state index contributed by atoms with van der Waals surface area (Å²) < 4.78 is 13.4. The van der Waals surface area contributed by atoms with E-state index in [1.165, 1.54) is 18.3 Å². The van der Waals surface area contributed by atoms with Crippen molar-refractivity contribution in [2.45, 2.75) is 32.2 Å². The van der Waals surface area contributed by atoms with Gasteiger partial charge in [-0.15, -0.1) is 0 Å². The van der Waals surface area contributed by atoms with Crippen LogP contribution in [0.3, 0.4) is 0 Å². The van der Waals surface area contributed by atoms with Crippen LogP contribution in [0.5, 0.6) is 10.8 Å². The number of carbonyl (C=O) groups is 3. The van der Waals surface area contributed by atoms with Gasteiger partial charge in [0.2, 0.25) is 11.8 Å². The van der Waals surface area contributed by atoms with Gasteiger partial charge in [-0.3, -0.25) is 19.1 Å². The van der Waals surface area contributed by atoms with E-state index in [1.807, 2.05) is 37.5 Å². The fraction of sp³-hybridized carbons (Fsp3) is 0.385. The molecular formula is C26H29N5O5S. The molecule has 3 amide bonds. The van der Waals surface area contributed by atoms with Crippen molar-refractivity contribution in [1.82, 2.24) is 20.0 Å². The normalized spacial score (nSPS) is 15.5. The van der Waals surface area contributed by atoms with Crippen LogP contribution < -0.4 is 15.8 Å². The summed E-state index contributed by atoms with van der Waals surface area (Å²) in [7, 11) is 1.87. The van der Waals surface area contributed by atoms with Crippen molar-refractivity contribution in [3.05, 3.63) is 52.0 Å². The highest BCUT2D eigenvalue weighted by atomic mass is 32.1. The molecule has 37 heavy (non-hydrogen) atoms. The van der Waals surface area contributed by atoms with Gasteiger partial charge in [-0.05, 0) is 41.7 Å². The number of amides is 3. The summed E-state index contributed by atoms with van der Waals surface area (Å²) >= 11 is 1.25. The first-order valence-corrected chi connectivity index (χ1v) is 13.0. The summed E-state index contributed by atoms with van der Waals surface area (Å²) in [6.07, 6.45) is 3.70. The van der Waals surface area contributed by atoms with Crippen molar-refractivity contribution in [2.24, 2.45) is 12.8 Å². The minimum absolute atomic E-state index is 0.116. The highest BCUT2D eigenvalue weighted by Gasteiger charge is 2.31. The Morgan fingerprint density at radius 2 is 1.92 bits per heavy atom. The lowest BCUT2D eigenvalue weighted by atomic mass is 9.91. The molecule has 0 radical (unpaired) electrons. The van der Waals surface area contributed by atoms with Crippen LogP contribution in [-0.4, -0.2) is 64.7 Å². The number of aryl methyl sites for hydroxylation is 2. The van der Waals surface area contributed by atoms with E-state index in [-0.39, 0.29) is 11.8 Å². The van der Waals surface area contributed by atoms with E-state index in [9.17, 15) is 14.4 Å². The molecule has 2 aromatic heterocycles. The number of aromatic nitrogens is 2. The Labute approximate surface area is 218 Å². The third-order valence-corrected chi connectivity index (χ3v) is 7.79. The number of nitrogens with two attached hydrogens (primary N) is 1. The lowest BCUT2D eigenvalue weighted by Crippen LogP contribution is -2.52. The lowest BCUT2D eigenvalue weighted by Gasteiger charge is -2.30. The average Bonchev–Trinajstić information content (AvgIpc) is 3.45. The Morgan fingerprint density at radius 1 is 1.19 bits per heavy atom. The van der Waals surface area contributed by atoms with Gasteiger partial charge in [0.15, 0.2) is 5.06 Å². The maximum atomic E-state index is 13.0. The molecule has 194 valence electrons. The Kier molecular flexibility index (Phi) is 6.98. The van der Waals surface area contributed by atoms with Crippen molar-refractivity contribution in [2.75, 3.05) is 26.3 Å². The zero-order valence-electron chi connectivity index (χ0n) is 20.8. The van der Waals surface area contributed by atoms with E-state index in [2.05, 4.69) is 10.4 Å². The number of primary amides is 1. The van der Waals surface area contributed by atoms with Crippen LogP contribution >= 0.6 is 11.3 Å². The number of benzene rings is 1. The molecule has 1 saturated heterocycles. The van der Waals surface area contributed by atoms with E-state index in [4.69, 9.17) is 15.2 Å². The molecule has 1 fully saturated rings. The third-order valence-electron chi connectivity index (χ3n) is 6.67. The molecule has 3 N–H and O–H groups in total. The lowest BCUT2D eigenvalue weighted by molar-refractivity contribution is -0.139. The van der Waals surface area contributed by atoms with Gasteiger partial charge in [0.1, 0.15) is 11.8 Å². The molecule has 1 aromatic carbocycles. The summed E-state index contributed by atoms with van der Waals surface area (Å²) in [4.78, 5) is 39.2. The number of nitrogens with zero attached hydrogens (tertiary/aromatic N) is 3. The van der Waals surface area contributed by atoms with Crippen LogP contribution in [0.2, 0.25) is 0 Å². The molecule has 0 spiro atoms. The number of rotatable bonds is 7. The first-order chi connectivity index (χ1) is 17.8. The second-order valence-electron chi connectivity index (χ2n) is 9.22. The van der Waals surface area contributed by atoms with Gasteiger partial charge in [-0.2, -0.15) is 5.10 Å². The molecule has 3 heterocycles. The van der Waals surface area contributed by atoms with Crippen molar-refractivity contribution in [3.8, 4) is 22.1 Å². The smallest absolute Gasteiger partial charge is 0.259 e. The maximum Gasteiger partial charge on any atom is 0.259 e. The Balaban J connectivity index is 1.37. The van der Waals surface area contributed by atoms with E-state index in [0.29, 0.717) is 54.8 Å². The second-order valence-corrected chi connectivity index (χ2v) is 10.2. The summed E-state index contributed by atoms with van der Waals surface area (Å²) in [5.74, 6) is -0.247. The van der Waals surface area contributed by atoms with Gasteiger partial charge in [-0.1, -0.05) is 23.5 Å². The van der Waals surface area contributed by atoms with Crippen LogP contribution in [0.1, 0.15) is 33.3 Å². The number of carbonyl (C=O) groups excluding carboxylic acids is 3. The fourth-order valence-electron chi connectivity index (χ4n) is 4.92. The van der Waals surface area contributed by atoms with Gasteiger partial charge in [0.25, 0.3) is 5.91 Å². The monoisotopic (exact) mass is 523 g/mol. The number of hydrogen-bond acceptors (Lipinski definition) is 7. The standard InChI is InChI=1S/C26H29N5O5S/c1-15(32)29-20(25(34)31-9-11-35-12-10-31)13-16-3-6-18(7-4-16)36-26-21-19(23(37-26)24(27)33)8-5-17-14-28-30(2)22(17)21/h3-4,6-7,14,20H,5,8-13H2,1-2H3,(H2,27,33)(H,29,32)/t20-/m0/s1.